The van der Waals surface area contributed by atoms with Crippen molar-refractivity contribution in [2.24, 2.45) is 0 Å². The van der Waals surface area contributed by atoms with Gasteiger partial charge in [0, 0.05) is 18.8 Å². The maximum atomic E-state index is 12.2. The molecule has 0 aromatic heterocycles. The minimum atomic E-state index is -1.01. The van der Waals surface area contributed by atoms with Crippen LogP contribution in [0.2, 0.25) is 0 Å². The predicted octanol–water partition coefficient (Wildman–Crippen LogP) is 1.95. The number of carbonyl (C=O) groups is 2. The van der Waals surface area contributed by atoms with Crippen LogP contribution in [-0.2, 0) is 4.74 Å². The number of urea groups is 1. The molecule has 2 amide bonds. The Morgan fingerprint density at radius 3 is 2.85 bits per heavy atom. The van der Waals surface area contributed by atoms with Crippen LogP contribution >= 0.6 is 0 Å². The van der Waals surface area contributed by atoms with Gasteiger partial charge < -0.3 is 20.1 Å². The van der Waals surface area contributed by atoms with Crippen LogP contribution in [0.1, 0.15) is 22.8 Å². The van der Waals surface area contributed by atoms with Gasteiger partial charge in [-0.3, -0.25) is 0 Å². The number of ether oxygens (including phenoxy) is 1. The third kappa shape index (κ3) is 3.27. The van der Waals surface area contributed by atoms with Crippen LogP contribution in [-0.4, -0.2) is 47.8 Å². The quantitative estimate of drug-likeness (QED) is 0.866. The van der Waals surface area contributed by atoms with Crippen molar-refractivity contribution in [2.75, 3.05) is 25.0 Å². The number of hydrogen-bond donors (Lipinski definition) is 2. The van der Waals surface area contributed by atoms with Crippen LogP contribution in [0, 0.1) is 6.92 Å². The fraction of sp³-hybridized carbons (Fsp3) is 0.429. The van der Waals surface area contributed by atoms with E-state index < -0.39 is 5.97 Å². The fourth-order valence-corrected chi connectivity index (χ4v) is 2.09. The van der Waals surface area contributed by atoms with Crippen molar-refractivity contribution >= 4 is 17.7 Å². The summed E-state index contributed by atoms with van der Waals surface area (Å²) in [4.78, 5) is 24.8. The molecule has 1 aromatic carbocycles. The van der Waals surface area contributed by atoms with Crippen molar-refractivity contribution < 1.29 is 19.4 Å². The van der Waals surface area contributed by atoms with Gasteiger partial charge in [-0.1, -0.05) is 6.07 Å². The average molecular weight is 278 g/mol. The Bertz CT molecular complexity index is 530. The van der Waals surface area contributed by atoms with Gasteiger partial charge in [0.1, 0.15) is 0 Å². The predicted molar refractivity (Wildman–Crippen MR) is 74.1 cm³/mol. The van der Waals surface area contributed by atoms with Crippen LogP contribution in [0.25, 0.3) is 0 Å². The molecule has 1 aliphatic rings. The van der Waals surface area contributed by atoms with E-state index in [0.29, 0.717) is 25.4 Å². The summed E-state index contributed by atoms with van der Waals surface area (Å²) >= 11 is 0. The van der Waals surface area contributed by atoms with Gasteiger partial charge in [-0.25, -0.2) is 9.59 Å². The molecule has 0 spiro atoms. The highest BCUT2D eigenvalue weighted by molar-refractivity contribution is 5.94. The average Bonchev–Trinajstić information content (AvgIpc) is 2.41. The highest BCUT2D eigenvalue weighted by Crippen LogP contribution is 2.18. The third-order valence-corrected chi connectivity index (χ3v) is 3.25. The number of carboxylic acids is 1. The topological polar surface area (TPSA) is 78.9 Å². The number of benzene rings is 1. The van der Waals surface area contributed by atoms with E-state index >= 15 is 0 Å². The third-order valence-electron chi connectivity index (χ3n) is 3.25. The van der Waals surface area contributed by atoms with E-state index in [1.165, 1.54) is 12.1 Å². The molecule has 0 aliphatic carbocycles. The summed E-state index contributed by atoms with van der Waals surface area (Å²) in [7, 11) is 0. The Morgan fingerprint density at radius 2 is 2.20 bits per heavy atom. The highest BCUT2D eigenvalue weighted by atomic mass is 16.5. The largest absolute Gasteiger partial charge is 0.478 e. The Morgan fingerprint density at radius 1 is 1.45 bits per heavy atom. The molecule has 1 saturated heterocycles. The number of rotatable bonds is 2. The second kappa shape index (κ2) is 5.92. The molecule has 2 rings (SSSR count). The molecule has 6 nitrogen and oxygen atoms in total. The molecule has 1 aliphatic heterocycles. The van der Waals surface area contributed by atoms with E-state index in [2.05, 4.69) is 5.32 Å². The number of hydrogen-bond acceptors (Lipinski definition) is 3. The number of carbonyl (C=O) groups excluding carboxylic acids is 1. The van der Waals surface area contributed by atoms with Gasteiger partial charge in [0.25, 0.3) is 0 Å². The van der Waals surface area contributed by atoms with E-state index in [1.54, 1.807) is 11.0 Å². The molecule has 6 heteroatoms. The molecule has 1 heterocycles. The summed E-state index contributed by atoms with van der Waals surface area (Å²) in [5.74, 6) is -1.01. The lowest BCUT2D eigenvalue weighted by molar-refractivity contribution is -0.00138. The Balaban J connectivity index is 2.10. The van der Waals surface area contributed by atoms with Gasteiger partial charge in [-0.2, -0.15) is 0 Å². The van der Waals surface area contributed by atoms with Crippen molar-refractivity contribution in [3.8, 4) is 0 Å². The standard InChI is InChI=1S/C14H18N2O4/c1-9-3-4-11(13(17)18)7-12(9)15-14(19)16-5-6-20-10(2)8-16/h3-4,7,10H,5-6,8H2,1-2H3,(H,15,19)(H,17,18). The SMILES string of the molecule is Cc1ccc(C(=O)O)cc1NC(=O)N1CCOC(C)C1. The van der Waals surface area contributed by atoms with Gasteiger partial charge >= 0.3 is 12.0 Å². The zero-order chi connectivity index (χ0) is 14.7. The summed E-state index contributed by atoms with van der Waals surface area (Å²) in [5.41, 5.74) is 1.50. The molecule has 1 aromatic rings. The summed E-state index contributed by atoms with van der Waals surface area (Å²) in [5, 5.41) is 11.7. The van der Waals surface area contributed by atoms with Crippen molar-refractivity contribution in [1.82, 2.24) is 4.90 Å². The van der Waals surface area contributed by atoms with Crippen LogP contribution < -0.4 is 5.32 Å². The minimum Gasteiger partial charge on any atom is -0.478 e. The fourth-order valence-electron chi connectivity index (χ4n) is 2.09. The summed E-state index contributed by atoms with van der Waals surface area (Å²) in [6, 6.07) is 4.44. The monoisotopic (exact) mass is 278 g/mol. The van der Waals surface area contributed by atoms with Gasteiger partial charge in [0.05, 0.1) is 18.3 Å². The normalized spacial score (nSPS) is 18.7. The Labute approximate surface area is 117 Å². The first-order valence-corrected chi connectivity index (χ1v) is 6.49. The summed E-state index contributed by atoms with van der Waals surface area (Å²) in [6.07, 6.45) is 0.0148. The molecule has 1 atom stereocenters. The lowest BCUT2D eigenvalue weighted by atomic mass is 10.1. The van der Waals surface area contributed by atoms with Crippen molar-refractivity contribution in [1.29, 1.82) is 0 Å². The molecule has 20 heavy (non-hydrogen) atoms. The van der Waals surface area contributed by atoms with E-state index in [-0.39, 0.29) is 17.7 Å². The molecule has 0 radical (unpaired) electrons. The maximum absolute atomic E-state index is 12.2. The molecule has 108 valence electrons. The molecule has 0 bridgehead atoms. The number of morpholine rings is 1. The first kappa shape index (κ1) is 14.3. The van der Waals surface area contributed by atoms with E-state index in [0.717, 1.165) is 5.56 Å². The Hall–Kier alpha value is -2.08. The second-order valence-corrected chi connectivity index (χ2v) is 4.89. The first-order valence-electron chi connectivity index (χ1n) is 6.49. The molecule has 2 N–H and O–H groups in total. The number of aromatic carboxylic acids is 1. The van der Waals surface area contributed by atoms with E-state index in [9.17, 15) is 9.59 Å². The molecule has 1 fully saturated rings. The lowest BCUT2D eigenvalue weighted by Crippen LogP contribution is -2.46. The van der Waals surface area contributed by atoms with Crippen LogP contribution in [0.5, 0.6) is 0 Å². The van der Waals surface area contributed by atoms with Gasteiger partial charge in [0.15, 0.2) is 0 Å². The van der Waals surface area contributed by atoms with Crippen molar-refractivity contribution in [2.45, 2.75) is 20.0 Å². The van der Waals surface area contributed by atoms with Gasteiger partial charge in [-0.15, -0.1) is 0 Å². The number of aryl methyl sites for hydroxylation is 1. The van der Waals surface area contributed by atoms with Gasteiger partial charge in [0.2, 0.25) is 0 Å². The van der Waals surface area contributed by atoms with Crippen LogP contribution in [0.15, 0.2) is 18.2 Å². The molecule has 0 saturated carbocycles. The molecular formula is C14H18N2O4. The number of anilines is 1. The number of carboxylic acid groups (broad SMARTS) is 1. The minimum absolute atomic E-state index is 0.0148. The van der Waals surface area contributed by atoms with Crippen LogP contribution in [0.3, 0.4) is 0 Å². The van der Waals surface area contributed by atoms with Crippen LogP contribution in [0.4, 0.5) is 10.5 Å². The van der Waals surface area contributed by atoms with Crippen molar-refractivity contribution in [3.05, 3.63) is 29.3 Å². The highest BCUT2D eigenvalue weighted by Gasteiger charge is 2.21. The molecular weight excluding hydrogens is 260 g/mol. The van der Waals surface area contributed by atoms with Gasteiger partial charge in [-0.05, 0) is 31.5 Å². The van der Waals surface area contributed by atoms with E-state index in [4.69, 9.17) is 9.84 Å². The lowest BCUT2D eigenvalue weighted by Gasteiger charge is -2.31. The van der Waals surface area contributed by atoms with E-state index in [1.807, 2.05) is 13.8 Å². The summed E-state index contributed by atoms with van der Waals surface area (Å²) in [6.45, 7) is 5.32. The number of amides is 2. The smallest absolute Gasteiger partial charge is 0.335 e. The van der Waals surface area contributed by atoms with Crippen molar-refractivity contribution in [3.63, 3.8) is 0 Å². The molecule has 1 unspecified atom stereocenters. The zero-order valence-corrected chi connectivity index (χ0v) is 11.5. The zero-order valence-electron chi connectivity index (χ0n) is 11.5. The first-order chi connectivity index (χ1) is 9.47. The number of nitrogens with one attached hydrogen (secondary N) is 1. The summed E-state index contributed by atoms with van der Waals surface area (Å²) < 4.78 is 5.38. The second-order valence-electron chi connectivity index (χ2n) is 4.89. The maximum Gasteiger partial charge on any atom is 0.335 e. The number of nitrogens with zero attached hydrogens (tertiary/aromatic N) is 1. The Kier molecular flexibility index (Phi) is 4.24.